The third-order valence-electron chi connectivity index (χ3n) is 3.91. The minimum atomic E-state index is 0.889. The number of benzene rings is 1. The molecule has 0 radical (unpaired) electrons. The van der Waals surface area contributed by atoms with E-state index in [1.807, 2.05) is 24.4 Å². The van der Waals surface area contributed by atoms with Crippen LogP contribution in [0.2, 0.25) is 0 Å². The summed E-state index contributed by atoms with van der Waals surface area (Å²) in [6.45, 7) is 6.65. The van der Waals surface area contributed by atoms with Gasteiger partial charge in [-0.15, -0.1) is 0 Å². The molecule has 1 N–H and O–H groups in total. The van der Waals surface area contributed by atoms with E-state index >= 15 is 0 Å². The fraction of sp³-hybridized carbons (Fsp3) is 0.529. The molecule has 0 aliphatic carbocycles. The van der Waals surface area contributed by atoms with Gasteiger partial charge in [-0.2, -0.15) is 0 Å². The normalized spacial score (nSPS) is 15.0. The summed E-state index contributed by atoms with van der Waals surface area (Å²) in [6, 6.07) is 6.03. The molecule has 2 aromatic rings. The van der Waals surface area contributed by atoms with Crippen molar-refractivity contribution >= 4 is 10.9 Å². The van der Waals surface area contributed by atoms with Gasteiger partial charge in [0.05, 0.1) is 13.7 Å². The molecule has 1 aromatic heterocycles. The van der Waals surface area contributed by atoms with Crippen molar-refractivity contribution in [2.75, 3.05) is 40.5 Å². The average molecular weight is 290 g/mol. The van der Waals surface area contributed by atoms with Crippen LogP contribution in [-0.4, -0.2) is 50.3 Å². The predicted molar refractivity (Wildman–Crippen MR) is 87.1 cm³/mol. The molecule has 1 fully saturated rings. The SMILES string of the molecule is COCCN1CCCC1.COc1ccc2[nH]cc(C)c2c1. The van der Waals surface area contributed by atoms with Gasteiger partial charge in [0.1, 0.15) is 5.75 Å². The first-order valence-electron chi connectivity index (χ1n) is 7.57. The number of aromatic nitrogens is 1. The van der Waals surface area contributed by atoms with E-state index in [2.05, 4.69) is 16.8 Å². The first-order chi connectivity index (χ1) is 10.2. The fourth-order valence-corrected chi connectivity index (χ4v) is 2.59. The number of aromatic amines is 1. The molecule has 0 atom stereocenters. The number of methoxy groups -OCH3 is 2. The van der Waals surface area contributed by atoms with Crippen molar-refractivity contribution in [1.29, 1.82) is 0 Å². The van der Waals surface area contributed by atoms with Crippen LogP contribution in [0.1, 0.15) is 18.4 Å². The Bertz CT molecular complexity index is 545. The van der Waals surface area contributed by atoms with E-state index in [0.29, 0.717) is 0 Å². The van der Waals surface area contributed by atoms with E-state index in [1.165, 1.54) is 36.9 Å². The summed E-state index contributed by atoms with van der Waals surface area (Å²) in [4.78, 5) is 5.63. The van der Waals surface area contributed by atoms with Gasteiger partial charge < -0.3 is 19.4 Å². The zero-order valence-electron chi connectivity index (χ0n) is 13.3. The molecule has 21 heavy (non-hydrogen) atoms. The Balaban J connectivity index is 0.000000161. The molecule has 0 amide bonds. The highest BCUT2D eigenvalue weighted by atomic mass is 16.5. The van der Waals surface area contributed by atoms with Gasteiger partial charge in [0.2, 0.25) is 0 Å². The monoisotopic (exact) mass is 290 g/mol. The lowest BCUT2D eigenvalue weighted by Gasteiger charge is -2.12. The Morgan fingerprint density at radius 3 is 2.62 bits per heavy atom. The largest absolute Gasteiger partial charge is 0.497 e. The highest BCUT2D eigenvalue weighted by molar-refractivity contribution is 5.84. The zero-order valence-corrected chi connectivity index (χ0v) is 13.3. The van der Waals surface area contributed by atoms with E-state index in [1.54, 1.807) is 14.2 Å². The second kappa shape index (κ2) is 8.05. The molecular weight excluding hydrogens is 264 g/mol. The van der Waals surface area contributed by atoms with Crippen molar-refractivity contribution < 1.29 is 9.47 Å². The smallest absolute Gasteiger partial charge is 0.119 e. The summed E-state index contributed by atoms with van der Waals surface area (Å²) in [5.74, 6) is 0.908. The van der Waals surface area contributed by atoms with Crippen LogP contribution in [-0.2, 0) is 4.74 Å². The number of nitrogens with zero attached hydrogens (tertiary/aromatic N) is 1. The Morgan fingerprint density at radius 2 is 1.95 bits per heavy atom. The van der Waals surface area contributed by atoms with Crippen LogP contribution in [0, 0.1) is 6.92 Å². The highest BCUT2D eigenvalue weighted by Gasteiger charge is 2.09. The summed E-state index contributed by atoms with van der Waals surface area (Å²) in [6.07, 6.45) is 4.76. The summed E-state index contributed by atoms with van der Waals surface area (Å²) in [5.41, 5.74) is 2.41. The lowest BCUT2D eigenvalue weighted by atomic mass is 10.2. The Morgan fingerprint density at radius 1 is 1.19 bits per heavy atom. The second-order valence-electron chi connectivity index (χ2n) is 5.42. The molecule has 1 saturated heterocycles. The molecule has 4 nitrogen and oxygen atoms in total. The van der Waals surface area contributed by atoms with Crippen LogP contribution in [0.15, 0.2) is 24.4 Å². The Labute approximate surface area is 127 Å². The average Bonchev–Trinajstić information content (AvgIpc) is 3.16. The first kappa shape index (κ1) is 15.9. The molecule has 4 heteroatoms. The number of fused-ring (bicyclic) bond motifs is 1. The molecule has 1 aromatic carbocycles. The van der Waals surface area contributed by atoms with Crippen LogP contribution in [0.25, 0.3) is 10.9 Å². The third-order valence-corrected chi connectivity index (χ3v) is 3.91. The topological polar surface area (TPSA) is 37.5 Å². The quantitative estimate of drug-likeness (QED) is 0.939. The van der Waals surface area contributed by atoms with Gasteiger partial charge in [-0.25, -0.2) is 0 Å². The summed E-state index contributed by atoms with van der Waals surface area (Å²) in [7, 11) is 3.44. The van der Waals surface area contributed by atoms with Crippen LogP contribution < -0.4 is 4.74 Å². The highest BCUT2D eigenvalue weighted by Crippen LogP contribution is 2.22. The van der Waals surface area contributed by atoms with Gasteiger partial charge in [-0.3, -0.25) is 0 Å². The molecule has 2 heterocycles. The summed E-state index contributed by atoms with van der Waals surface area (Å²) >= 11 is 0. The number of hydrogen-bond donors (Lipinski definition) is 1. The van der Waals surface area contributed by atoms with Crippen molar-refractivity contribution in [3.8, 4) is 5.75 Å². The molecule has 116 valence electrons. The van der Waals surface area contributed by atoms with E-state index in [4.69, 9.17) is 9.47 Å². The zero-order chi connectivity index (χ0) is 15.1. The van der Waals surface area contributed by atoms with Gasteiger partial charge in [-0.05, 0) is 56.6 Å². The van der Waals surface area contributed by atoms with E-state index in [0.717, 1.165) is 24.4 Å². The maximum Gasteiger partial charge on any atom is 0.119 e. The van der Waals surface area contributed by atoms with Crippen LogP contribution in [0.5, 0.6) is 5.75 Å². The molecule has 0 bridgehead atoms. The molecular formula is C17H26N2O2. The van der Waals surface area contributed by atoms with E-state index in [9.17, 15) is 0 Å². The minimum absolute atomic E-state index is 0.889. The van der Waals surface area contributed by atoms with Gasteiger partial charge in [0.15, 0.2) is 0 Å². The molecule has 0 saturated carbocycles. The number of ether oxygens (including phenoxy) is 2. The van der Waals surface area contributed by atoms with Crippen LogP contribution in [0.3, 0.4) is 0 Å². The van der Waals surface area contributed by atoms with Gasteiger partial charge >= 0.3 is 0 Å². The molecule has 3 rings (SSSR count). The van der Waals surface area contributed by atoms with Crippen LogP contribution in [0.4, 0.5) is 0 Å². The second-order valence-corrected chi connectivity index (χ2v) is 5.42. The number of rotatable bonds is 4. The maximum absolute atomic E-state index is 5.13. The summed E-state index contributed by atoms with van der Waals surface area (Å²) in [5, 5.41) is 1.23. The first-order valence-corrected chi connectivity index (χ1v) is 7.57. The maximum atomic E-state index is 5.13. The van der Waals surface area contributed by atoms with Gasteiger partial charge in [0, 0.05) is 30.8 Å². The number of likely N-dealkylation sites (tertiary alicyclic amines) is 1. The van der Waals surface area contributed by atoms with E-state index in [-0.39, 0.29) is 0 Å². The number of aryl methyl sites for hydroxylation is 1. The molecule has 0 spiro atoms. The van der Waals surface area contributed by atoms with Crippen molar-refractivity contribution in [3.63, 3.8) is 0 Å². The number of nitrogens with one attached hydrogen (secondary N) is 1. The van der Waals surface area contributed by atoms with Crippen molar-refractivity contribution in [3.05, 3.63) is 30.0 Å². The van der Waals surface area contributed by atoms with Gasteiger partial charge in [0.25, 0.3) is 0 Å². The lowest BCUT2D eigenvalue weighted by Crippen LogP contribution is -2.23. The van der Waals surface area contributed by atoms with Gasteiger partial charge in [-0.1, -0.05) is 0 Å². The van der Waals surface area contributed by atoms with Crippen molar-refractivity contribution in [2.45, 2.75) is 19.8 Å². The fourth-order valence-electron chi connectivity index (χ4n) is 2.59. The number of hydrogen-bond acceptors (Lipinski definition) is 3. The number of H-pyrrole nitrogens is 1. The molecule has 1 aliphatic heterocycles. The minimum Gasteiger partial charge on any atom is -0.497 e. The molecule has 1 aliphatic rings. The Kier molecular flexibility index (Phi) is 6.08. The lowest BCUT2D eigenvalue weighted by molar-refractivity contribution is 0.161. The van der Waals surface area contributed by atoms with Crippen molar-refractivity contribution in [1.82, 2.24) is 9.88 Å². The van der Waals surface area contributed by atoms with Crippen molar-refractivity contribution in [2.24, 2.45) is 0 Å². The van der Waals surface area contributed by atoms with E-state index < -0.39 is 0 Å². The standard InChI is InChI=1S/C10H11NO.C7H15NO/c1-7-6-11-10-4-3-8(12-2)5-9(7)10;1-9-7-6-8-4-2-3-5-8/h3-6,11H,1-2H3;2-7H2,1H3. The Hall–Kier alpha value is -1.52. The summed E-state index contributed by atoms with van der Waals surface area (Å²) < 4.78 is 10.1. The predicted octanol–water partition coefficient (Wildman–Crippen LogP) is 3.21. The molecule has 0 unspecified atom stereocenters. The van der Waals surface area contributed by atoms with Crippen LogP contribution >= 0.6 is 0 Å². The third kappa shape index (κ3) is 4.48.